The van der Waals surface area contributed by atoms with Crippen LogP contribution in [0, 0.1) is 0 Å². The number of carbonyl (C=O) groups excluding carboxylic acids is 1. The van der Waals surface area contributed by atoms with Crippen molar-refractivity contribution in [2.24, 2.45) is 0 Å². The number of rotatable bonds is 6. The van der Waals surface area contributed by atoms with Gasteiger partial charge >= 0.3 is 12.1 Å². The third-order valence-electron chi connectivity index (χ3n) is 2.63. The maximum atomic E-state index is 12.3. The van der Waals surface area contributed by atoms with Gasteiger partial charge in [-0.2, -0.15) is 29.9 Å². The van der Waals surface area contributed by atoms with Crippen LogP contribution in [0.3, 0.4) is 0 Å². The van der Waals surface area contributed by atoms with Crippen LogP contribution in [0.5, 0.6) is 0 Å². The summed E-state index contributed by atoms with van der Waals surface area (Å²) in [6.45, 7) is 3.50. The van der Waals surface area contributed by atoms with Crippen molar-refractivity contribution in [2.45, 2.75) is 44.2 Å². The van der Waals surface area contributed by atoms with Gasteiger partial charge in [0.2, 0.25) is 5.91 Å². The van der Waals surface area contributed by atoms with Gasteiger partial charge in [0.25, 0.3) is 0 Å². The van der Waals surface area contributed by atoms with Crippen molar-refractivity contribution in [1.29, 1.82) is 0 Å². The van der Waals surface area contributed by atoms with E-state index < -0.39 is 18.1 Å². The Morgan fingerprint density at radius 1 is 1.45 bits per heavy atom. The van der Waals surface area contributed by atoms with Gasteiger partial charge in [-0.25, -0.2) is 0 Å². The molecule has 0 radical (unpaired) electrons. The lowest BCUT2D eigenvalue weighted by atomic mass is 10.2. The number of alkyl halides is 3. The van der Waals surface area contributed by atoms with Gasteiger partial charge in [0.1, 0.15) is 0 Å². The fourth-order valence-electron chi connectivity index (χ4n) is 1.36. The fourth-order valence-corrected chi connectivity index (χ4v) is 1.71. The zero-order chi connectivity index (χ0) is 15.3. The Labute approximate surface area is 118 Å². The lowest BCUT2D eigenvalue weighted by molar-refractivity contribution is -0.159. The molecule has 1 aromatic rings. The molecule has 0 spiro atoms. The first-order chi connectivity index (χ1) is 9.24. The summed E-state index contributed by atoms with van der Waals surface area (Å²) < 4.78 is 41.0. The number of amides is 1. The molecule has 0 aliphatic carbocycles. The summed E-state index contributed by atoms with van der Waals surface area (Å²) in [6.07, 6.45) is -1.73. The van der Waals surface area contributed by atoms with Gasteiger partial charge in [-0.15, -0.1) is 0 Å². The molecule has 1 N–H and O–H groups in total. The number of aromatic nitrogens is 2. The molecule has 0 aliphatic rings. The third-order valence-corrected chi connectivity index (χ3v) is 3.67. The molecule has 9 heteroatoms. The molecule has 114 valence electrons. The molecule has 0 fully saturated rings. The largest absolute Gasteiger partial charge is 0.471 e. The lowest BCUT2D eigenvalue weighted by Gasteiger charge is -2.11. The summed E-state index contributed by atoms with van der Waals surface area (Å²) in [7, 11) is 0. The highest BCUT2D eigenvalue weighted by atomic mass is 32.2. The molecule has 20 heavy (non-hydrogen) atoms. The van der Waals surface area contributed by atoms with E-state index in [-0.39, 0.29) is 11.7 Å². The van der Waals surface area contributed by atoms with Gasteiger partial charge in [0.05, 0.1) is 6.04 Å². The molecule has 0 aromatic carbocycles. The Kier molecular flexibility index (Phi) is 5.85. The maximum absolute atomic E-state index is 12.3. The van der Waals surface area contributed by atoms with Crippen LogP contribution in [0.2, 0.25) is 0 Å². The lowest BCUT2D eigenvalue weighted by Crippen LogP contribution is -2.27. The smallest absolute Gasteiger partial charge is 0.346 e. The predicted octanol–water partition coefficient (Wildman–Crippen LogP) is 2.80. The number of thioether (sulfide) groups is 1. The molecule has 0 aliphatic heterocycles. The van der Waals surface area contributed by atoms with E-state index >= 15 is 0 Å². The molecule has 0 bridgehead atoms. The first kappa shape index (κ1) is 16.8. The number of halogens is 3. The second kappa shape index (κ2) is 6.96. The number of hydrogen-bond donors (Lipinski definition) is 1. The second-order valence-electron chi connectivity index (χ2n) is 4.33. The zero-order valence-electron chi connectivity index (χ0n) is 11.3. The number of hydrogen-bond acceptors (Lipinski definition) is 5. The molecule has 1 heterocycles. The van der Waals surface area contributed by atoms with E-state index in [1.807, 2.05) is 13.2 Å². The fraction of sp³-hybridized carbons (Fsp3) is 0.727. The first-order valence-corrected chi connectivity index (χ1v) is 7.25. The SMILES string of the molecule is CSC(C)CCC(=O)NC(C)c1noc(C(F)(F)F)n1. The van der Waals surface area contributed by atoms with Gasteiger partial charge in [-0.3, -0.25) is 4.79 Å². The molecular weight excluding hydrogens is 295 g/mol. The Bertz CT molecular complexity index is 450. The molecule has 1 aromatic heterocycles. The quantitative estimate of drug-likeness (QED) is 0.875. The number of carbonyl (C=O) groups is 1. The molecule has 1 amide bonds. The zero-order valence-corrected chi connectivity index (χ0v) is 12.1. The standard InChI is InChI=1S/C11H16F3N3O2S/c1-6(20-3)4-5-8(18)15-7(2)9-16-10(19-17-9)11(12,13)14/h6-7H,4-5H2,1-3H3,(H,15,18). The average Bonchev–Trinajstić information content (AvgIpc) is 2.85. The van der Waals surface area contributed by atoms with E-state index in [0.717, 1.165) is 0 Å². The van der Waals surface area contributed by atoms with Crippen LogP contribution in [0.4, 0.5) is 13.2 Å². The van der Waals surface area contributed by atoms with Crippen molar-refractivity contribution in [2.75, 3.05) is 6.26 Å². The molecule has 0 saturated heterocycles. The van der Waals surface area contributed by atoms with Crippen molar-refractivity contribution in [3.8, 4) is 0 Å². The van der Waals surface area contributed by atoms with E-state index in [9.17, 15) is 18.0 Å². The Hall–Kier alpha value is -1.25. The minimum absolute atomic E-state index is 0.191. The highest BCUT2D eigenvalue weighted by Gasteiger charge is 2.38. The molecule has 2 unspecified atom stereocenters. The van der Waals surface area contributed by atoms with Gasteiger partial charge in [-0.1, -0.05) is 12.1 Å². The van der Waals surface area contributed by atoms with Crippen LogP contribution in [-0.2, 0) is 11.0 Å². The Morgan fingerprint density at radius 3 is 2.60 bits per heavy atom. The number of nitrogens with zero attached hydrogens (tertiary/aromatic N) is 2. The van der Waals surface area contributed by atoms with Crippen molar-refractivity contribution < 1.29 is 22.5 Å². The summed E-state index contributed by atoms with van der Waals surface area (Å²) in [5.41, 5.74) is 0. The Morgan fingerprint density at radius 2 is 2.10 bits per heavy atom. The highest BCUT2D eigenvalue weighted by molar-refractivity contribution is 7.99. The summed E-state index contributed by atoms with van der Waals surface area (Å²) in [6, 6.07) is -0.730. The van der Waals surface area contributed by atoms with Crippen LogP contribution in [0.15, 0.2) is 4.52 Å². The van der Waals surface area contributed by atoms with Crippen molar-refractivity contribution in [3.05, 3.63) is 11.7 Å². The molecular formula is C11H16F3N3O2S. The monoisotopic (exact) mass is 311 g/mol. The van der Waals surface area contributed by atoms with Crippen LogP contribution >= 0.6 is 11.8 Å². The molecule has 0 saturated carbocycles. The molecule has 1 rings (SSSR count). The number of nitrogens with one attached hydrogen (secondary N) is 1. The topological polar surface area (TPSA) is 68.0 Å². The molecule has 5 nitrogen and oxygen atoms in total. The van der Waals surface area contributed by atoms with E-state index in [4.69, 9.17) is 0 Å². The van der Waals surface area contributed by atoms with Crippen LogP contribution in [0.25, 0.3) is 0 Å². The van der Waals surface area contributed by atoms with Gasteiger partial charge in [0, 0.05) is 11.7 Å². The second-order valence-corrected chi connectivity index (χ2v) is 5.61. The first-order valence-electron chi connectivity index (χ1n) is 5.97. The van der Waals surface area contributed by atoms with Crippen LogP contribution in [0.1, 0.15) is 44.4 Å². The maximum Gasteiger partial charge on any atom is 0.471 e. The highest BCUT2D eigenvalue weighted by Crippen LogP contribution is 2.28. The average molecular weight is 311 g/mol. The van der Waals surface area contributed by atoms with E-state index in [1.54, 1.807) is 11.8 Å². The van der Waals surface area contributed by atoms with Gasteiger partial charge in [0.15, 0.2) is 5.82 Å². The summed E-state index contributed by atoms with van der Waals surface area (Å²) >= 11 is 1.64. The van der Waals surface area contributed by atoms with Gasteiger partial charge in [-0.05, 0) is 19.6 Å². The Balaban J connectivity index is 2.52. The summed E-state index contributed by atoms with van der Waals surface area (Å²) in [5.74, 6) is -1.86. The summed E-state index contributed by atoms with van der Waals surface area (Å²) in [4.78, 5) is 14.8. The molecule has 2 atom stereocenters. The van der Waals surface area contributed by atoms with Crippen LogP contribution < -0.4 is 5.32 Å². The van der Waals surface area contributed by atoms with Crippen LogP contribution in [-0.4, -0.2) is 27.6 Å². The normalized spacial score (nSPS) is 14.9. The van der Waals surface area contributed by atoms with E-state index in [1.165, 1.54) is 6.92 Å². The van der Waals surface area contributed by atoms with E-state index in [2.05, 4.69) is 20.0 Å². The van der Waals surface area contributed by atoms with E-state index in [0.29, 0.717) is 18.1 Å². The summed E-state index contributed by atoms with van der Waals surface area (Å²) in [5, 5.41) is 6.11. The van der Waals surface area contributed by atoms with Crippen molar-refractivity contribution in [3.63, 3.8) is 0 Å². The van der Waals surface area contributed by atoms with Crippen molar-refractivity contribution in [1.82, 2.24) is 15.5 Å². The minimum Gasteiger partial charge on any atom is -0.346 e. The predicted molar refractivity (Wildman–Crippen MR) is 68.1 cm³/mol. The van der Waals surface area contributed by atoms with Crippen molar-refractivity contribution >= 4 is 17.7 Å². The third kappa shape index (κ3) is 5.03. The van der Waals surface area contributed by atoms with Gasteiger partial charge < -0.3 is 9.84 Å². The minimum atomic E-state index is -4.68.